The second-order valence-electron chi connectivity index (χ2n) is 6.60. The Kier molecular flexibility index (Phi) is 5.74. The lowest BCUT2D eigenvalue weighted by Gasteiger charge is -2.35. The summed E-state index contributed by atoms with van der Waals surface area (Å²) in [5.41, 5.74) is 0.539. The van der Waals surface area contributed by atoms with Crippen molar-refractivity contribution in [2.24, 2.45) is 0 Å². The van der Waals surface area contributed by atoms with Crippen molar-refractivity contribution in [3.05, 3.63) is 52.3 Å². The molecule has 2 aromatic rings. The van der Waals surface area contributed by atoms with E-state index in [4.69, 9.17) is 13.9 Å². The van der Waals surface area contributed by atoms with Crippen LogP contribution in [0.1, 0.15) is 24.4 Å². The van der Waals surface area contributed by atoms with E-state index < -0.39 is 10.9 Å². The van der Waals surface area contributed by atoms with Crippen molar-refractivity contribution in [2.45, 2.75) is 26.1 Å². The van der Waals surface area contributed by atoms with Crippen LogP contribution < -0.4 is 0 Å². The normalized spacial score (nSPS) is 19.3. The lowest BCUT2D eigenvalue weighted by atomic mass is 10.1. The molecule has 2 atom stereocenters. The molecule has 148 valence electrons. The van der Waals surface area contributed by atoms with Gasteiger partial charge in [0.2, 0.25) is 5.76 Å². The van der Waals surface area contributed by atoms with Crippen molar-refractivity contribution in [1.82, 2.24) is 4.90 Å². The molecule has 3 rings (SSSR count). The zero-order valence-electron chi connectivity index (χ0n) is 15.5. The van der Waals surface area contributed by atoms with Gasteiger partial charge in [-0.25, -0.2) is 4.79 Å². The number of rotatable bonds is 5. The van der Waals surface area contributed by atoms with Gasteiger partial charge in [0.05, 0.1) is 17.1 Å². The van der Waals surface area contributed by atoms with Crippen LogP contribution in [0.15, 0.2) is 40.8 Å². The lowest BCUT2D eigenvalue weighted by Crippen LogP contribution is -2.49. The smallest absolute Gasteiger partial charge is 0.374 e. The summed E-state index contributed by atoms with van der Waals surface area (Å²) in [4.78, 5) is 36.2. The Bertz CT molecular complexity index is 865. The van der Waals surface area contributed by atoms with Crippen LogP contribution in [0.4, 0.5) is 5.69 Å². The van der Waals surface area contributed by atoms with Crippen LogP contribution >= 0.6 is 0 Å². The van der Waals surface area contributed by atoms with Gasteiger partial charge in [-0.2, -0.15) is 0 Å². The van der Waals surface area contributed by atoms with E-state index in [0.29, 0.717) is 24.4 Å². The van der Waals surface area contributed by atoms with Gasteiger partial charge in [0.15, 0.2) is 6.61 Å². The summed E-state index contributed by atoms with van der Waals surface area (Å²) < 4.78 is 16.1. The molecule has 0 saturated carbocycles. The number of hydrogen-bond donors (Lipinski definition) is 0. The second-order valence-corrected chi connectivity index (χ2v) is 6.60. The summed E-state index contributed by atoms with van der Waals surface area (Å²) in [5.74, 6) is -0.734. The maximum absolute atomic E-state index is 12.2. The van der Waals surface area contributed by atoms with E-state index in [2.05, 4.69) is 0 Å². The number of nitro groups is 1. The quantitative estimate of drug-likeness (QED) is 0.440. The number of hydrogen-bond acceptors (Lipinski definition) is 7. The minimum Gasteiger partial charge on any atom is -0.450 e. The molecule has 9 nitrogen and oxygen atoms in total. The van der Waals surface area contributed by atoms with Crippen molar-refractivity contribution in [3.63, 3.8) is 0 Å². The lowest BCUT2D eigenvalue weighted by molar-refractivity contribution is -0.384. The van der Waals surface area contributed by atoms with E-state index >= 15 is 0 Å². The monoisotopic (exact) mass is 388 g/mol. The van der Waals surface area contributed by atoms with Crippen LogP contribution in [0.5, 0.6) is 0 Å². The maximum Gasteiger partial charge on any atom is 0.374 e. The van der Waals surface area contributed by atoms with Crippen molar-refractivity contribution in [1.29, 1.82) is 0 Å². The van der Waals surface area contributed by atoms with Gasteiger partial charge in [0, 0.05) is 30.8 Å². The molecule has 1 saturated heterocycles. The third kappa shape index (κ3) is 4.55. The largest absolute Gasteiger partial charge is 0.450 e. The average Bonchev–Trinajstić information content (AvgIpc) is 3.15. The van der Waals surface area contributed by atoms with Crippen LogP contribution in [0.3, 0.4) is 0 Å². The van der Waals surface area contributed by atoms with E-state index in [-0.39, 0.29) is 36.2 Å². The molecule has 0 bridgehead atoms. The number of carbonyl (C=O) groups is 2. The summed E-state index contributed by atoms with van der Waals surface area (Å²) in [5, 5.41) is 10.7. The van der Waals surface area contributed by atoms with Crippen LogP contribution in [0.2, 0.25) is 0 Å². The third-order valence-corrected chi connectivity index (χ3v) is 4.27. The number of benzene rings is 1. The Labute approximate surface area is 161 Å². The second kappa shape index (κ2) is 8.22. The van der Waals surface area contributed by atoms with E-state index in [1.54, 1.807) is 11.0 Å². The number of furan rings is 1. The van der Waals surface area contributed by atoms with Crippen molar-refractivity contribution < 1.29 is 28.4 Å². The fourth-order valence-electron chi connectivity index (χ4n) is 3.02. The number of ether oxygens (including phenoxy) is 2. The molecule has 1 aromatic carbocycles. The van der Waals surface area contributed by atoms with Crippen molar-refractivity contribution in [3.8, 4) is 11.3 Å². The van der Waals surface area contributed by atoms with E-state index in [9.17, 15) is 19.7 Å². The van der Waals surface area contributed by atoms with E-state index in [1.807, 2.05) is 13.8 Å². The van der Waals surface area contributed by atoms with Crippen molar-refractivity contribution in [2.75, 3.05) is 19.7 Å². The summed E-state index contributed by atoms with van der Waals surface area (Å²) >= 11 is 0. The highest BCUT2D eigenvalue weighted by molar-refractivity contribution is 5.89. The first-order valence-corrected chi connectivity index (χ1v) is 8.78. The van der Waals surface area contributed by atoms with Gasteiger partial charge in [0.1, 0.15) is 5.76 Å². The SMILES string of the molecule is C[C@@H]1CN(C(=O)COC(=O)c2ccc(-c3ccc([N+](=O)[O-])cc3)o2)C[C@@H](C)O1. The fourth-order valence-corrected chi connectivity index (χ4v) is 3.02. The van der Waals surface area contributed by atoms with Gasteiger partial charge in [-0.1, -0.05) is 0 Å². The zero-order chi connectivity index (χ0) is 20.3. The van der Waals surface area contributed by atoms with Gasteiger partial charge < -0.3 is 18.8 Å². The molecular weight excluding hydrogens is 368 g/mol. The number of non-ortho nitro benzene ring substituents is 1. The van der Waals surface area contributed by atoms with E-state index in [0.717, 1.165) is 0 Å². The van der Waals surface area contributed by atoms with Gasteiger partial charge in [-0.15, -0.1) is 0 Å². The van der Waals surface area contributed by atoms with Crippen LogP contribution in [-0.4, -0.2) is 53.6 Å². The number of nitro benzene ring substituents is 1. The van der Waals surface area contributed by atoms with Gasteiger partial charge in [-0.05, 0) is 38.1 Å². The molecule has 9 heteroatoms. The summed E-state index contributed by atoms with van der Waals surface area (Å²) in [7, 11) is 0. The molecule has 2 heterocycles. The first-order chi connectivity index (χ1) is 13.3. The van der Waals surface area contributed by atoms with E-state index in [1.165, 1.54) is 30.3 Å². The minimum atomic E-state index is -0.754. The van der Waals surface area contributed by atoms with Gasteiger partial charge >= 0.3 is 5.97 Å². The molecule has 0 aliphatic carbocycles. The first-order valence-electron chi connectivity index (χ1n) is 8.78. The minimum absolute atomic E-state index is 0.0415. The number of amides is 1. The predicted molar refractivity (Wildman–Crippen MR) is 97.7 cm³/mol. The molecule has 0 N–H and O–H groups in total. The molecule has 1 aliphatic rings. The summed E-state index contributed by atoms with van der Waals surface area (Å²) in [6.45, 7) is 4.28. The van der Waals surface area contributed by atoms with Crippen LogP contribution in [0, 0.1) is 10.1 Å². The number of esters is 1. The Morgan fingerprint density at radius 1 is 1.14 bits per heavy atom. The Morgan fingerprint density at radius 3 is 2.39 bits per heavy atom. The zero-order valence-corrected chi connectivity index (χ0v) is 15.5. The topological polar surface area (TPSA) is 112 Å². The number of nitrogens with zero attached hydrogens (tertiary/aromatic N) is 2. The molecular formula is C19H20N2O7. The Morgan fingerprint density at radius 2 is 1.79 bits per heavy atom. The average molecular weight is 388 g/mol. The predicted octanol–water partition coefficient (Wildman–Crippen LogP) is 2.65. The molecule has 0 spiro atoms. The molecule has 28 heavy (non-hydrogen) atoms. The van der Waals surface area contributed by atoms with Gasteiger partial charge in [0.25, 0.3) is 11.6 Å². The highest BCUT2D eigenvalue weighted by Crippen LogP contribution is 2.25. The van der Waals surface area contributed by atoms with Crippen LogP contribution in [-0.2, 0) is 14.3 Å². The fraction of sp³-hybridized carbons (Fsp3) is 0.368. The standard InChI is InChI=1S/C19H20N2O7/c1-12-9-20(10-13(2)27-12)18(22)11-26-19(23)17-8-7-16(28-17)14-3-5-15(6-4-14)21(24)25/h3-8,12-13H,9-11H2,1-2H3/t12-,13-/m1/s1. The molecule has 0 radical (unpaired) electrons. The summed E-state index contributed by atoms with van der Waals surface area (Å²) in [6, 6.07) is 8.73. The first kappa shape index (κ1) is 19.6. The summed E-state index contributed by atoms with van der Waals surface area (Å²) in [6.07, 6.45) is -0.143. The highest BCUT2D eigenvalue weighted by Gasteiger charge is 2.27. The third-order valence-electron chi connectivity index (χ3n) is 4.27. The van der Waals surface area contributed by atoms with Gasteiger partial charge in [-0.3, -0.25) is 14.9 Å². The Hall–Kier alpha value is -3.20. The molecule has 1 aromatic heterocycles. The number of carbonyl (C=O) groups excluding carboxylic acids is 2. The highest BCUT2D eigenvalue weighted by atomic mass is 16.6. The molecule has 1 amide bonds. The molecule has 1 aliphatic heterocycles. The maximum atomic E-state index is 12.2. The Balaban J connectivity index is 1.58. The molecule has 1 fully saturated rings. The molecule has 0 unspecified atom stereocenters. The van der Waals surface area contributed by atoms with Crippen LogP contribution in [0.25, 0.3) is 11.3 Å². The number of morpholine rings is 1. The van der Waals surface area contributed by atoms with Crippen molar-refractivity contribution >= 4 is 17.6 Å².